The largest absolute Gasteiger partial charge is 0.497 e. The Morgan fingerprint density at radius 3 is 2.25 bits per heavy atom. The average Bonchev–Trinajstić information content (AvgIpc) is 2.74. The van der Waals surface area contributed by atoms with Gasteiger partial charge >= 0.3 is 0 Å². The third kappa shape index (κ3) is 3.19. The van der Waals surface area contributed by atoms with E-state index in [9.17, 15) is 5.26 Å². The molecule has 0 atom stereocenters. The summed E-state index contributed by atoms with van der Waals surface area (Å²) in [6, 6.07) is 15.2. The van der Waals surface area contributed by atoms with Gasteiger partial charge in [0, 0.05) is 16.7 Å². The van der Waals surface area contributed by atoms with Crippen LogP contribution in [-0.2, 0) is 0 Å². The first-order valence-corrected chi connectivity index (χ1v) is 8.61. The van der Waals surface area contributed by atoms with Crippen LogP contribution in [0.15, 0.2) is 42.5 Å². The summed E-state index contributed by atoms with van der Waals surface area (Å²) in [5, 5.41) is 9.75. The van der Waals surface area contributed by atoms with Crippen molar-refractivity contribution in [1.82, 2.24) is 4.98 Å². The molecule has 1 aromatic heterocycles. The van der Waals surface area contributed by atoms with Gasteiger partial charge in [0.1, 0.15) is 23.2 Å². The van der Waals surface area contributed by atoms with E-state index in [0.29, 0.717) is 28.3 Å². The fraction of sp³-hybridized carbons (Fsp3) is 0.182. The fourth-order valence-corrected chi connectivity index (χ4v) is 3.26. The van der Waals surface area contributed by atoms with Crippen molar-refractivity contribution >= 4 is 5.82 Å². The molecule has 3 rings (SSSR count). The number of rotatable bonds is 5. The van der Waals surface area contributed by atoms with Crippen molar-refractivity contribution in [1.29, 1.82) is 5.26 Å². The molecule has 0 fully saturated rings. The van der Waals surface area contributed by atoms with Crippen LogP contribution in [0.25, 0.3) is 22.4 Å². The SMILES string of the molecule is COc1ccc(-c2nc(N)c(C#N)c(-c3cccc(OC)c3OC)c2C)cc1. The van der Waals surface area contributed by atoms with Crippen molar-refractivity contribution in [2.45, 2.75) is 6.92 Å². The molecule has 0 radical (unpaired) electrons. The van der Waals surface area contributed by atoms with Gasteiger partial charge in [-0.15, -0.1) is 0 Å². The van der Waals surface area contributed by atoms with Crippen LogP contribution in [0, 0.1) is 18.3 Å². The van der Waals surface area contributed by atoms with Crippen LogP contribution in [0.4, 0.5) is 5.82 Å². The normalized spacial score (nSPS) is 10.2. The Hall–Kier alpha value is -3.72. The number of hydrogen-bond acceptors (Lipinski definition) is 6. The van der Waals surface area contributed by atoms with Crippen LogP contribution in [0.3, 0.4) is 0 Å². The molecule has 28 heavy (non-hydrogen) atoms. The monoisotopic (exact) mass is 375 g/mol. The summed E-state index contributed by atoms with van der Waals surface area (Å²) in [7, 11) is 4.76. The first-order chi connectivity index (χ1) is 13.5. The molecule has 0 aliphatic carbocycles. The van der Waals surface area contributed by atoms with Gasteiger partial charge in [-0.1, -0.05) is 12.1 Å². The number of methoxy groups -OCH3 is 3. The Bertz CT molecular complexity index is 1050. The highest BCUT2D eigenvalue weighted by molar-refractivity contribution is 5.87. The molecule has 0 amide bonds. The number of para-hydroxylation sites is 1. The predicted molar refractivity (Wildman–Crippen MR) is 109 cm³/mol. The minimum Gasteiger partial charge on any atom is -0.497 e. The zero-order valence-electron chi connectivity index (χ0n) is 16.2. The summed E-state index contributed by atoms with van der Waals surface area (Å²) in [5.74, 6) is 2.03. The molecular weight excluding hydrogens is 354 g/mol. The van der Waals surface area contributed by atoms with Crippen LogP contribution < -0.4 is 19.9 Å². The minimum atomic E-state index is 0.166. The van der Waals surface area contributed by atoms with E-state index in [0.717, 1.165) is 22.4 Å². The van der Waals surface area contributed by atoms with Gasteiger partial charge in [-0.3, -0.25) is 0 Å². The molecule has 2 N–H and O–H groups in total. The van der Waals surface area contributed by atoms with Gasteiger partial charge < -0.3 is 19.9 Å². The molecule has 6 heteroatoms. The van der Waals surface area contributed by atoms with E-state index in [-0.39, 0.29) is 5.82 Å². The topological polar surface area (TPSA) is 90.4 Å². The number of nitriles is 1. The average molecular weight is 375 g/mol. The van der Waals surface area contributed by atoms with Gasteiger partial charge in [0.15, 0.2) is 11.5 Å². The Morgan fingerprint density at radius 2 is 1.68 bits per heavy atom. The fourth-order valence-electron chi connectivity index (χ4n) is 3.26. The maximum Gasteiger partial charge on any atom is 0.168 e. The van der Waals surface area contributed by atoms with E-state index in [2.05, 4.69) is 11.1 Å². The standard InChI is InChI=1S/C22H21N3O3/c1-13-19(16-6-5-7-18(27-3)21(16)28-4)17(12-23)22(24)25-20(13)14-8-10-15(26-2)11-9-14/h5-11H,1-4H3,(H2,24,25). The molecule has 0 saturated heterocycles. The highest BCUT2D eigenvalue weighted by atomic mass is 16.5. The molecule has 1 heterocycles. The number of nitrogen functional groups attached to an aromatic ring is 1. The van der Waals surface area contributed by atoms with Crippen molar-refractivity contribution in [3.8, 4) is 45.7 Å². The lowest BCUT2D eigenvalue weighted by Crippen LogP contribution is -2.04. The molecule has 0 saturated carbocycles. The van der Waals surface area contributed by atoms with Crippen LogP contribution in [-0.4, -0.2) is 26.3 Å². The molecule has 0 spiro atoms. The molecule has 0 unspecified atom stereocenters. The molecule has 0 bridgehead atoms. The van der Waals surface area contributed by atoms with Crippen LogP contribution >= 0.6 is 0 Å². The highest BCUT2D eigenvalue weighted by Gasteiger charge is 2.22. The number of pyridine rings is 1. The maximum absolute atomic E-state index is 9.75. The van der Waals surface area contributed by atoms with Gasteiger partial charge in [0.25, 0.3) is 0 Å². The lowest BCUT2D eigenvalue weighted by molar-refractivity contribution is 0.356. The lowest BCUT2D eigenvalue weighted by Gasteiger charge is -2.18. The quantitative estimate of drug-likeness (QED) is 0.719. The Labute approximate surface area is 164 Å². The van der Waals surface area contributed by atoms with Crippen molar-refractivity contribution in [2.75, 3.05) is 27.1 Å². The van der Waals surface area contributed by atoms with Crippen molar-refractivity contribution < 1.29 is 14.2 Å². The van der Waals surface area contributed by atoms with Crippen molar-refractivity contribution in [3.63, 3.8) is 0 Å². The smallest absolute Gasteiger partial charge is 0.168 e. The van der Waals surface area contributed by atoms with Crippen LogP contribution in [0.5, 0.6) is 17.2 Å². The Balaban J connectivity index is 2.33. The first-order valence-electron chi connectivity index (χ1n) is 8.61. The van der Waals surface area contributed by atoms with E-state index in [1.54, 1.807) is 27.4 Å². The third-order valence-electron chi connectivity index (χ3n) is 4.62. The van der Waals surface area contributed by atoms with E-state index in [4.69, 9.17) is 19.9 Å². The summed E-state index contributed by atoms with van der Waals surface area (Å²) in [6.45, 7) is 1.92. The molecule has 0 aliphatic heterocycles. The van der Waals surface area contributed by atoms with Crippen LogP contribution in [0.2, 0.25) is 0 Å². The lowest BCUT2D eigenvalue weighted by atomic mass is 9.92. The second-order valence-corrected chi connectivity index (χ2v) is 6.10. The number of ether oxygens (including phenoxy) is 3. The highest BCUT2D eigenvalue weighted by Crippen LogP contribution is 2.43. The Morgan fingerprint density at radius 1 is 0.964 bits per heavy atom. The van der Waals surface area contributed by atoms with Gasteiger partial charge in [0.2, 0.25) is 0 Å². The van der Waals surface area contributed by atoms with Crippen LogP contribution in [0.1, 0.15) is 11.1 Å². The molecule has 3 aromatic rings. The zero-order valence-corrected chi connectivity index (χ0v) is 16.2. The zero-order chi connectivity index (χ0) is 20.3. The second-order valence-electron chi connectivity index (χ2n) is 6.10. The minimum absolute atomic E-state index is 0.166. The number of benzene rings is 2. The van der Waals surface area contributed by atoms with E-state index in [1.165, 1.54) is 0 Å². The van der Waals surface area contributed by atoms with Gasteiger partial charge in [-0.05, 0) is 42.8 Å². The summed E-state index contributed by atoms with van der Waals surface area (Å²) < 4.78 is 16.2. The van der Waals surface area contributed by atoms with E-state index < -0.39 is 0 Å². The summed E-state index contributed by atoms with van der Waals surface area (Å²) in [6.07, 6.45) is 0. The molecule has 142 valence electrons. The number of aromatic nitrogens is 1. The Kier molecular flexibility index (Phi) is 5.37. The molecule has 0 aliphatic rings. The molecule has 2 aromatic carbocycles. The van der Waals surface area contributed by atoms with Gasteiger partial charge in [-0.25, -0.2) is 4.98 Å². The number of anilines is 1. The number of nitrogens with zero attached hydrogens (tertiary/aromatic N) is 2. The van der Waals surface area contributed by atoms with E-state index in [1.807, 2.05) is 43.3 Å². The molecule has 6 nitrogen and oxygen atoms in total. The van der Waals surface area contributed by atoms with Crippen molar-refractivity contribution in [3.05, 3.63) is 53.6 Å². The van der Waals surface area contributed by atoms with E-state index >= 15 is 0 Å². The van der Waals surface area contributed by atoms with Crippen molar-refractivity contribution in [2.24, 2.45) is 0 Å². The summed E-state index contributed by atoms with van der Waals surface area (Å²) >= 11 is 0. The number of hydrogen-bond donors (Lipinski definition) is 1. The number of nitrogens with two attached hydrogens (primary N) is 1. The van der Waals surface area contributed by atoms with Gasteiger partial charge in [-0.2, -0.15) is 5.26 Å². The third-order valence-corrected chi connectivity index (χ3v) is 4.62. The van der Waals surface area contributed by atoms with Gasteiger partial charge in [0.05, 0.1) is 27.0 Å². The second kappa shape index (κ2) is 7.89. The molecular formula is C22H21N3O3. The first kappa shape index (κ1) is 19.1. The summed E-state index contributed by atoms with van der Waals surface area (Å²) in [5.41, 5.74) is 10.3. The predicted octanol–water partition coefficient (Wildman–Crippen LogP) is 4.20. The summed E-state index contributed by atoms with van der Waals surface area (Å²) in [4.78, 5) is 4.50. The maximum atomic E-state index is 9.75.